The van der Waals surface area contributed by atoms with Crippen LogP contribution in [0.15, 0.2) is 0 Å². The maximum absolute atomic E-state index is 2.33. The zero-order valence-corrected chi connectivity index (χ0v) is 13.7. The van der Waals surface area contributed by atoms with Crippen LogP contribution in [0.4, 0.5) is 0 Å². The van der Waals surface area contributed by atoms with Crippen LogP contribution in [0.2, 0.25) is 0 Å². The Balaban J connectivity index is -0.000000216. The maximum atomic E-state index is 2.33. The van der Waals surface area contributed by atoms with Crippen LogP contribution in [0, 0.1) is 26.7 Å². The Kier molecular flexibility index (Phi) is 19.5. The zero-order valence-electron chi connectivity index (χ0n) is 12.6. The van der Waals surface area contributed by atoms with E-state index < -0.39 is 0 Å². The molecule has 1 heteroatoms. The Labute approximate surface area is 122 Å². The fourth-order valence-electron chi connectivity index (χ4n) is 3.07. The molecule has 2 aliphatic carbocycles. The molecule has 2 unspecified atom stereocenters. The van der Waals surface area contributed by atoms with Gasteiger partial charge >= 0.3 is 17.1 Å². The first-order valence-corrected chi connectivity index (χ1v) is 6.88. The molecule has 106 valence electrons. The fourth-order valence-corrected chi connectivity index (χ4v) is 3.07. The smallest absolute Gasteiger partial charge is 0.358 e. The van der Waals surface area contributed by atoms with Gasteiger partial charge in [0.05, 0.1) is 0 Å². The summed E-state index contributed by atoms with van der Waals surface area (Å²) in [5.41, 5.74) is 0. The Bertz CT molecular complexity index is 112. The first kappa shape index (κ1) is 22.7. The van der Waals surface area contributed by atoms with Crippen molar-refractivity contribution in [2.45, 2.75) is 78.1 Å². The monoisotopic (exact) mass is 282 g/mol. The van der Waals surface area contributed by atoms with Crippen LogP contribution in [0.1, 0.15) is 78.1 Å². The molecule has 2 aliphatic rings. The van der Waals surface area contributed by atoms with Crippen molar-refractivity contribution in [1.29, 1.82) is 0 Å². The van der Waals surface area contributed by atoms with E-state index in [2.05, 4.69) is 13.8 Å². The fraction of sp³-hybridized carbons (Fsp3) is 0.875. The summed E-state index contributed by atoms with van der Waals surface area (Å²) in [6, 6.07) is 0. The summed E-state index contributed by atoms with van der Waals surface area (Å²) in [7, 11) is 0. The van der Waals surface area contributed by atoms with Crippen molar-refractivity contribution < 1.29 is 17.1 Å². The van der Waals surface area contributed by atoms with E-state index in [4.69, 9.17) is 0 Å². The third-order valence-corrected chi connectivity index (χ3v) is 4.12. The van der Waals surface area contributed by atoms with Crippen LogP contribution in [0.25, 0.3) is 0 Å². The second kappa shape index (κ2) is 14.6. The standard InChI is InChI=1S/C9H18.C5H10.2CH3.Fe/c1-3-8-6-5-7-9(8)4-2;1-2-4-5-3-1;;;/h8-9H,3-7H2,1-2H3;1-5H2;2*1H3;/q;;2*-1;+2. The summed E-state index contributed by atoms with van der Waals surface area (Å²) >= 11 is 0. The Morgan fingerprint density at radius 1 is 0.647 bits per heavy atom. The molecular formula is C16H34Fe. The van der Waals surface area contributed by atoms with Gasteiger partial charge in [-0.2, -0.15) is 0 Å². The molecule has 0 nitrogen and oxygen atoms in total. The number of rotatable bonds is 2. The van der Waals surface area contributed by atoms with Gasteiger partial charge in [-0.3, -0.25) is 0 Å². The summed E-state index contributed by atoms with van der Waals surface area (Å²) in [6.45, 7) is 4.66. The number of hydrogen-bond donors (Lipinski definition) is 0. The molecule has 0 N–H and O–H groups in total. The van der Waals surface area contributed by atoms with Crippen molar-refractivity contribution >= 4 is 0 Å². The Morgan fingerprint density at radius 3 is 1.18 bits per heavy atom. The van der Waals surface area contributed by atoms with E-state index in [1.54, 1.807) is 0 Å². The molecule has 2 fully saturated rings. The summed E-state index contributed by atoms with van der Waals surface area (Å²) in [6.07, 6.45) is 14.8. The maximum Gasteiger partial charge on any atom is 2.00 e. The third-order valence-electron chi connectivity index (χ3n) is 4.12. The quantitative estimate of drug-likeness (QED) is 0.426. The van der Waals surface area contributed by atoms with Crippen molar-refractivity contribution in [3.63, 3.8) is 0 Å². The molecule has 0 saturated heterocycles. The van der Waals surface area contributed by atoms with Crippen LogP contribution < -0.4 is 0 Å². The summed E-state index contributed by atoms with van der Waals surface area (Å²) in [5, 5.41) is 0. The molecule has 2 rings (SSSR count). The largest absolute Gasteiger partial charge is 2.00 e. The van der Waals surface area contributed by atoms with Gasteiger partial charge in [-0.05, 0) is 11.8 Å². The van der Waals surface area contributed by atoms with Crippen LogP contribution in [0.5, 0.6) is 0 Å². The third kappa shape index (κ3) is 9.14. The van der Waals surface area contributed by atoms with E-state index in [1.165, 1.54) is 64.2 Å². The van der Waals surface area contributed by atoms with E-state index in [0.717, 1.165) is 11.8 Å². The van der Waals surface area contributed by atoms with Gasteiger partial charge in [-0.1, -0.05) is 78.1 Å². The van der Waals surface area contributed by atoms with E-state index in [0.29, 0.717) is 0 Å². The minimum Gasteiger partial charge on any atom is -0.358 e. The van der Waals surface area contributed by atoms with Gasteiger partial charge < -0.3 is 14.9 Å². The van der Waals surface area contributed by atoms with Gasteiger partial charge in [-0.25, -0.2) is 0 Å². The molecule has 0 radical (unpaired) electrons. The van der Waals surface area contributed by atoms with Crippen molar-refractivity contribution in [3.8, 4) is 0 Å². The average Bonchev–Trinajstić information content (AvgIpc) is 2.91. The van der Waals surface area contributed by atoms with Crippen LogP contribution in [0.3, 0.4) is 0 Å². The van der Waals surface area contributed by atoms with E-state index >= 15 is 0 Å². The molecular weight excluding hydrogens is 248 g/mol. The van der Waals surface area contributed by atoms with Gasteiger partial charge in [0.25, 0.3) is 0 Å². The van der Waals surface area contributed by atoms with Gasteiger partial charge in [0.1, 0.15) is 0 Å². The summed E-state index contributed by atoms with van der Waals surface area (Å²) in [4.78, 5) is 0. The van der Waals surface area contributed by atoms with Gasteiger partial charge in [0, 0.05) is 0 Å². The molecule has 0 heterocycles. The van der Waals surface area contributed by atoms with Crippen molar-refractivity contribution in [1.82, 2.24) is 0 Å². The Hall–Kier alpha value is 0.519. The van der Waals surface area contributed by atoms with E-state index in [1.807, 2.05) is 0 Å². The molecule has 0 amide bonds. The van der Waals surface area contributed by atoms with E-state index in [-0.39, 0.29) is 31.9 Å². The van der Waals surface area contributed by atoms with Gasteiger partial charge in [-0.15, -0.1) is 0 Å². The van der Waals surface area contributed by atoms with Crippen LogP contribution >= 0.6 is 0 Å². The number of hydrogen-bond acceptors (Lipinski definition) is 0. The average molecular weight is 282 g/mol. The van der Waals surface area contributed by atoms with Crippen molar-refractivity contribution in [3.05, 3.63) is 14.9 Å². The molecule has 0 aromatic rings. The molecule has 17 heavy (non-hydrogen) atoms. The molecule has 0 aromatic carbocycles. The zero-order chi connectivity index (χ0) is 10.2. The SMILES string of the molecule is C1CCCC1.CCC1CCCC1CC.[CH3-].[CH3-].[Fe+2]. The van der Waals surface area contributed by atoms with Gasteiger partial charge in [0.15, 0.2) is 0 Å². The van der Waals surface area contributed by atoms with E-state index in [9.17, 15) is 0 Å². The summed E-state index contributed by atoms with van der Waals surface area (Å²) < 4.78 is 0. The summed E-state index contributed by atoms with van der Waals surface area (Å²) in [5.74, 6) is 2.16. The second-order valence-electron chi connectivity index (χ2n) is 5.04. The second-order valence-corrected chi connectivity index (χ2v) is 5.04. The minimum atomic E-state index is 0. The van der Waals surface area contributed by atoms with Crippen molar-refractivity contribution in [2.24, 2.45) is 11.8 Å². The first-order chi connectivity index (χ1) is 6.88. The van der Waals surface area contributed by atoms with Gasteiger partial charge in [0.2, 0.25) is 0 Å². The molecule has 2 atom stereocenters. The molecule has 0 bridgehead atoms. The molecule has 0 spiro atoms. The minimum absolute atomic E-state index is 0. The van der Waals surface area contributed by atoms with Crippen LogP contribution in [-0.4, -0.2) is 0 Å². The normalized spacial score (nSPS) is 25.8. The predicted octanol–water partition coefficient (Wildman–Crippen LogP) is 6.07. The first-order valence-electron chi connectivity index (χ1n) is 6.88. The molecule has 2 saturated carbocycles. The topological polar surface area (TPSA) is 0 Å². The van der Waals surface area contributed by atoms with Crippen LogP contribution in [-0.2, 0) is 17.1 Å². The predicted molar refractivity (Wildman–Crippen MR) is 77.3 cm³/mol. The molecule has 0 aliphatic heterocycles. The Morgan fingerprint density at radius 2 is 0.941 bits per heavy atom. The van der Waals surface area contributed by atoms with Crippen molar-refractivity contribution in [2.75, 3.05) is 0 Å². The molecule has 0 aromatic heterocycles.